The van der Waals surface area contributed by atoms with E-state index in [4.69, 9.17) is 4.74 Å². The van der Waals surface area contributed by atoms with Crippen molar-refractivity contribution in [1.29, 1.82) is 0 Å². The molecule has 1 fully saturated rings. The summed E-state index contributed by atoms with van der Waals surface area (Å²) in [5.41, 5.74) is 1.61. The van der Waals surface area contributed by atoms with Crippen molar-refractivity contribution in [2.45, 2.75) is 18.9 Å². The molecular formula is C16H21FN4O3S. The maximum absolute atomic E-state index is 12.9. The van der Waals surface area contributed by atoms with Crippen LogP contribution in [-0.4, -0.2) is 54.4 Å². The minimum absolute atomic E-state index is 0.0607. The molecule has 7 nitrogen and oxygen atoms in total. The van der Waals surface area contributed by atoms with Gasteiger partial charge in [-0.1, -0.05) is 0 Å². The van der Waals surface area contributed by atoms with Gasteiger partial charge in [-0.2, -0.15) is 22.1 Å². The minimum atomic E-state index is -3.39. The Hall–Kier alpha value is -1.97. The van der Waals surface area contributed by atoms with Crippen molar-refractivity contribution in [2.75, 3.05) is 27.2 Å². The summed E-state index contributed by atoms with van der Waals surface area (Å²) in [4.78, 5) is 0. The van der Waals surface area contributed by atoms with E-state index in [1.54, 1.807) is 12.1 Å². The number of aromatic nitrogens is 2. The van der Waals surface area contributed by atoms with E-state index in [0.717, 1.165) is 17.8 Å². The number of nitrogens with one attached hydrogen (secondary N) is 1. The van der Waals surface area contributed by atoms with Crippen molar-refractivity contribution in [3.05, 3.63) is 47.5 Å². The Morgan fingerprint density at radius 3 is 2.76 bits per heavy atom. The number of rotatable bonds is 6. The number of hydrogen-bond donors (Lipinski definition) is 1. The first-order chi connectivity index (χ1) is 11.9. The normalized spacial score (nSPS) is 18.8. The van der Waals surface area contributed by atoms with E-state index in [1.165, 1.54) is 34.8 Å². The molecule has 1 aliphatic rings. The summed E-state index contributed by atoms with van der Waals surface area (Å²) < 4.78 is 45.5. The lowest BCUT2D eigenvalue weighted by atomic mass is 10.1. The predicted octanol–water partition coefficient (Wildman–Crippen LogP) is 1.72. The topological polar surface area (TPSA) is 78.5 Å². The van der Waals surface area contributed by atoms with Crippen molar-refractivity contribution in [3.63, 3.8) is 0 Å². The number of benzene rings is 1. The number of nitrogens with zero attached hydrogens (tertiary/aromatic N) is 3. The average molecular weight is 368 g/mol. The highest BCUT2D eigenvalue weighted by molar-refractivity contribution is 7.86. The van der Waals surface area contributed by atoms with Crippen LogP contribution in [0, 0.1) is 5.82 Å². The van der Waals surface area contributed by atoms with Gasteiger partial charge in [0.2, 0.25) is 0 Å². The molecule has 136 valence electrons. The van der Waals surface area contributed by atoms with E-state index in [9.17, 15) is 12.8 Å². The summed E-state index contributed by atoms with van der Waals surface area (Å²) >= 11 is 0. The van der Waals surface area contributed by atoms with Crippen LogP contribution in [0.1, 0.15) is 23.7 Å². The number of H-pyrrole nitrogens is 1. The van der Waals surface area contributed by atoms with E-state index in [1.807, 2.05) is 6.07 Å². The van der Waals surface area contributed by atoms with E-state index in [-0.39, 0.29) is 18.3 Å². The number of halogens is 1. The second kappa shape index (κ2) is 7.11. The van der Waals surface area contributed by atoms with Gasteiger partial charge in [-0.05, 0) is 36.8 Å². The van der Waals surface area contributed by atoms with Crippen LogP contribution in [-0.2, 0) is 16.8 Å². The molecule has 25 heavy (non-hydrogen) atoms. The molecule has 0 amide bonds. The molecule has 2 aromatic rings. The van der Waals surface area contributed by atoms with Gasteiger partial charge >= 0.3 is 0 Å². The van der Waals surface area contributed by atoms with Gasteiger partial charge in [-0.25, -0.2) is 4.39 Å². The summed E-state index contributed by atoms with van der Waals surface area (Å²) in [5.74, 6) is 0.321. The molecule has 0 bridgehead atoms. The highest BCUT2D eigenvalue weighted by Gasteiger charge is 2.34. The van der Waals surface area contributed by atoms with Crippen molar-refractivity contribution >= 4 is 10.2 Å². The summed E-state index contributed by atoms with van der Waals surface area (Å²) in [6.45, 7) is 1.19. The van der Waals surface area contributed by atoms with Gasteiger partial charge in [0.15, 0.2) is 0 Å². The van der Waals surface area contributed by atoms with Crippen LogP contribution in [0.25, 0.3) is 0 Å². The third-order valence-electron chi connectivity index (χ3n) is 4.22. The highest BCUT2D eigenvalue weighted by atomic mass is 32.2. The second-order valence-electron chi connectivity index (χ2n) is 6.19. The molecule has 9 heteroatoms. The molecule has 1 N–H and O–H groups in total. The molecule has 0 spiro atoms. The Kier molecular flexibility index (Phi) is 5.07. The zero-order valence-electron chi connectivity index (χ0n) is 14.1. The largest absolute Gasteiger partial charge is 0.487 e. The predicted molar refractivity (Wildman–Crippen MR) is 90.9 cm³/mol. The minimum Gasteiger partial charge on any atom is -0.487 e. The molecule has 0 aliphatic carbocycles. The standard InChI is InChI=1S/C16H21FN4O3S/c1-20(2)25(22,23)21-8-7-12(10-21)16-9-14(18-19-16)11-24-15-5-3-13(17)4-6-15/h3-6,9,12H,7-8,10-11H2,1-2H3,(H,18,19). The molecule has 1 aromatic heterocycles. The summed E-state index contributed by atoms with van der Waals surface area (Å²) in [5, 5.41) is 7.20. The molecule has 0 radical (unpaired) electrons. The Labute approximate surface area is 146 Å². The highest BCUT2D eigenvalue weighted by Crippen LogP contribution is 2.28. The van der Waals surface area contributed by atoms with Crippen LogP contribution in [0.4, 0.5) is 4.39 Å². The van der Waals surface area contributed by atoms with E-state index in [2.05, 4.69) is 10.2 Å². The monoisotopic (exact) mass is 368 g/mol. The molecule has 1 saturated heterocycles. The van der Waals surface area contributed by atoms with Gasteiger partial charge in [-0.15, -0.1) is 0 Å². The maximum Gasteiger partial charge on any atom is 0.281 e. The molecule has 1 aliphatic heterocycles. The lowest BCUT2D eigenvalue weighted by Gasteiger charge is -2.20. The number of ether oxygens (including phenoxy) is 1. The summed E-state index contributed by atoms with van der Waals surface area (Å²) in [6.07, 6.45) is 0.732. The zero-order chi connectivity index (χ0) is 18.0. The van der Waals surface area contributed by atoms with Gasteiger partial charge in [0.1, 0.15) is 18.2 Å². The molecule has 1 unspecified atom stereocenters. The fraction of sp³-hybridized carbons (Fsp3) is 0.438. The van der Waals surface area contributed by atoms with Crippen LogP contribution in [0.15, 0.2) is 30.3 Å². The first-order valence-electron chi connectivity index (χ1n) is 7.96. The van der Waals surface area contributed by atoms with Crippen LogP contribution < -0.4 is 4.74 Å². The van der Waals surface area contributed by atoms with Crippen LogP contribution in [0.3, 0.4) is 0 Å². The fourth-order valence-electron chi connectivity index (χ4n) is 2.76. The zero-order valence-corrected chi connectivity index (χ0v) is 15.0. The van der Waals surface area contributed by atoms with Gasteiger partial charge in [-0.3, -0.25) is 5.10 Å². The number of hydrogen-bond acceptors (Lipinski definition) is 4. The van der Waals surface area contributed by atoms with Gasteiger partial charge in [0.25, 0.3) is 10.2 Å². The first-order valence-corrected chi connectivity index (χ1v) is 9.36. The lowest BCUT2D eigenvalue weighted by molar-refractivity contribution is 0.300. The Morgan fingerprint density at radius 1 is 1.36 bits per heavy atom. The van der Waals surface area contributed by atoms with E-state index >= 15 is 0 Å². The second-order valence-corrected chi connectivity index (χ2v) is 8.34. The van der Waals surface area contributed by atoms with Crippen molar-refractivity contribution < 1.29 is 17.5 Å². The maximum atomic E-state index is 12.9. The Balaban J connectivity index is 1.59. The van der Waals surface area contributed by atoms with Gasteiger partial charge < -0.3 is 4.74 Å². The molecule has 0 saturated carbocycles. The third-order valence-corrected chi connectivity index (χ3v) is 6.12. The molecule has 2 heterocycles. The van der Waals surface area contributed by atoms with E-state index < -0.39 is 10.2 Å². The van der Waals surface area contributed by atoms with Crippen molar-refractivity contribution in [3.8, 4) is 5.75 Å². The number of aromatic amines is 1. The quantitative estimate of drug-likeness (QED) is 0.842. The average Bonchev–Trinajstić information content (AvgIpc) is 3.23. The smallest absolute Gasteiger partial charge is 0.281 e. The lowest BCUT2D eigenvalue weighted by Crippen LogP contribution is -2.38. The summed E-state index contributed by atoms with van der Waals surface area (Å²) in [6, 6.07) is 7.69. The molecule has 1 atom stereocenters. The van der Waals surface area contributed by atoms with Gasteiger partial charge in [0, 0.05) is 33.1 Å². The molecule has 3 rings (SSSR count). The Morgan fingerprint density at radius 2 is 2.08 bits per heavy atom. The van der Waals surface area contributed by atoms with Crippen LogP contribution in [0.5, 0.6) is 5.75 Å². The first kappa shape index (κ1) is 17.8. The van der Waals surface area contributed by atoms with Gasteiger partial charge in [0.05, 0.1) is 11.4 Å². The summed E-state index contributed by atoms with van der Waals surface area (Å²) in [7, 11) is -0.327. The fourth-order valence-corrected chi connectivity index (χ4v) is 3.93. The van der Waals surface area contributed by atoms with E-state index in [0.29, 0.717) is 18.8 Å². The van der Waals surface area contributed by atoms with Crippen molar-refractivity contribution in [2.24, 2.45) is 0 Å². The van der Waals surface area contributed by atoms with Crippen molar-refractivity contribution in [1.82, 2.24) is 18.8 Å². The van der Waals surface area contributed by atoms with Crippen LogP contribution in [0.2, 0.25) is 0 Å². The third kappa shape index (κ3) is 4.00. The molecule has 1 aromatic carbocycles. The molecular weight excluding hydrogens is 347 g/mol. The van der Waals surface area contributed by atoms with Crippen LogP contribution >= 0.6 is 0 Å². The Bertz CT molecular complexity index is 820. The SMILES string of the molecule is CN(C)S(=O)(=O)N1CCC(c2cc(COc3ccc(F)cc3)[nH]n2)C1.